The third kappa shape index (κ3) is 2.91. The Bertz CT molecular complexity index is 611. The van der Waals surface area contributed by atoms with Crippen molar-refractivity contribution < 1.29 is 9.53 Å². The highest BCUT2D eigenvalue weighted by Crippen LogP contribution is 2.25. The molecule has 0 aliphatic carbocycles. The molecular formula is C14H19N3O2S. The Labute approximate surface area is 122 Å². The summed E-state index contributed by atoms with van der Waals surface area (Å²) >= 11 is 1.39. The number of fused-ring (bicyclic) bond motifs is 1. The van der Waals surface area contributed by atoms with Gasteiger partial charge in [-0.05, 0) is 32.0 Å². The van der Waals surface area contributed by atoms with E-state index in [4.69, 9.17) is 10.5 Å². The number of methoxy groups -OCH3 is 1. The Morgan fingerprint density at radius 2 is 2.30 bits per heavy atom. The number of likely N-dealkylation sites (N-methyl/N-ethyl adjacent to an activating group) is 1. The Kier molecular flexibility index (Phi) is 4.57. The van der Waals surface area contributed by atoms with Gasteiger partial charge in [0.25, 0.3) is 5.91 Å². The number of hydrogen-bond acceptors (Lipinski definition) is 5. The highest BCUT2D eigenvalue weighted by molar-refractivity contribution is 7.22. The number of nitrogens with two attached hydrogens (primary N) is 1. The lowest BCUT2D eigenvalue weighted by Crippen LogP contribution is -2.40. The van der Waals surface area contributed by atoms with E-state index < -0.39 is 0 Å². The number of aromatic nitrogens is 1. The van der Waals surface area contributed by atoms with E-state index in [1.807, 2.05) is 26.0 Å². The summed E-state index contributed by atoms with van der Waals surface area (Å²) in [5.74, 6) is 0.00548. The molecule has 1 aromatic carbocycles. The van der Waals surface area contributed by atoms with Gasteiger partial charge in [-0.3, -0.25) is 4.79 Å². The quantitative estimate of drug-likeness (QED) is 0.919. The zero-order valence-corrected chi connectivity index (χ0v) is 12.7. The molecule has 6 heteroatoms. The summed E-state index contributed by atoms with van der Waals surface area (Å²) in [7, 11) is 1.64. The highest BCUT2D eigenvalue weighted by atomic mass is 32.1. The fourth-order valence-corrected chi connectivity index (χ4v) is 3.00. The number of ether oxygens (including phenoxy) is 1. The van der Waals surface area contributed by atoms with Gasteiger partial charge in [-0.2, -0.15) is 0 Å². The summed E-state index contributed by atoms with van der Waals surface area (Å²) in [5.41, 5.74) is 7.17. The van der Waals surface area contributed by atoms with Crippen LogP contribution in [0, 0.1) is 0 Å². The summed E-state index contributed by atoms with van der Waals surface area (Å²) in [5, 5.41) is 0.518. The maximum absolute atomic E-state index is 12.6. The van der Waals surface area contributed by atoms with Crippen LogP contribution in [0.25, 0.3) is 10.2 Å². The van der Waals surface area contributed by atoms with Crippen molar-refractivity contribution >= 4 is 32.6 Å². The van der Waals surface area contributed by atoms with Gasteiger partial charge >= 0.3 is 0 Å². The normalized spacial score (nSPS) is 12.6. The van der Waals surface area contributed by atoms with Gasteiger partial charge in [0.1, 0.15) is 0 Å². The molecule has 2 N–H and O–H groups in total. The van der Waals surface area contributed by atoms with Crippen molar-refractivity contribution in [3.05, 3.63) is 23.8 Å². The van der Waals surface area contributed by atoms with E-state index in [9.17, 15) is 4.79 Å². The predicted octanol–water partition coefficient (Wildman–Crippen LogP) is 2.38. The van der Waals surface area contributed by atoms with Crippen LogP contribution in [0.5, 0.6) is 0 Å². The van der Waals surface area contributed by atoms with E-state index in [2.05, 4.69) is 4.98 Å². The molecule has 1 heterocycles. The van der Waals surface area contributed by atoms with Gasteiger partial charge < -0.3 is 15.4 Å². The van der Waals surface area contributed by atoms with Gasteiger partial charge in [-0.15, -0.1) is 0 Å². The van der Waals surface area contributed by atoms with Crippen LogP contribution in [0.2, 0.25) is 0 Å². The van der Waals surface area contributed by atoms with Crippen molar-refractivity contribution in [1.29, 1.82) is 0 Å². The topological polar surface area (TPSA) is 68.5 Å². The van der Waals surface area contributed by atoms with E-state index in [-0.39, 0.29) is 11.9 Å². The smallest absolute Gasteiger partial charge is 0.254 e. The average Bonchev–Trinajstić information content (AvgIpc) is 2.78. The molecule has 5 nitrogen and oxygen atoms in total. The van der Waals surface area contributed by atoms with E-state index in [1.54, 1.807) is 18.1 Å². The number of anilines is 1. The van der Waals surface area contributed by atoms with Gasteiger partial charge in [-0.25, -0.2) is 4.98 Å². The zero-order chi connectivity index (χ0) is 14.7. The van der Waals surface area contributed by atoms with Crippen molar-refractivity contribution in [2.75, 3.05) is 26.0 Å². The average molecular weight is 293 g/mol. The van der Waals surface area contributed by atoms with Crippen LogP contribution in [0.4, 0.5) is 5.13 Å². The van der Waals surface area contributed by atoms with E-state index in [0.717, 1.165) is 10.2 Å². The van der Waals surface area contributed by atoms with Gasteiger partial charge in [-0.1, -0.05) is 11.3 Å². The lowest BCUT2D eigenvalue weighted by molar-refractivity contribution is 0.0579. The number of nitrogen functional groups attached to an aromatic ring is 1. The molecule has 1 unspecified atom stereocenters. The van der Waals surface area contributed by atoms with E-state index in [1.165, 1.54) is 11.3 Å². The molecule has 1 amide bonds. The number of benzene rings is 1. The third-order valence-corrected chi connectivity index (χ3v) is 4.04. The number of rotatable bonds is 5. The van der Waals surface area contributed by atoms with Gasteiger partial charge in [0.05, 0.1) is 22.9 Å². The van der Waals surface area contributed by atoms with Crippen LogP contribution in [-0.4, -0.2) is 42.1 Å². The first-order valence-corrected chi connectivity index (χ1v) is 7.34. The minimum atomic E-state index is 0.00548. The lowest BCUT2D eigenvalue weighted by Gasteiger charge is -2.27. The van der Waals surface area contributed by atoms with Gasteiger partial charge in [0.2, 0.25) is 0 Å². The minimum absolute atomic E-state index is 0.00548. The standard InChI is InChI=1S/C14H19N3O2S/c1-4-17(9(2)8-19-3)13(18)10-5-6-11-12(7-10)20-14(15)16-11/h5-7,9H,4,8H2,1-3H3,(H2,15,16). The van der Waals surface area contributed by atoms with E-state index in [0.29, 0.717) is 23.8 Å². The molecule has 2 aromatic rings. The van der Waals surface area contributed by atoms with Crippen molar-refractivity contribution in [2.45, 2.75) is 19.9 Å². The maximum Gasteiger partial charge on any atom is 0.254 e. The first-order chi connectivity index (χ1) is 9.56. The molecule has 0 fully saturated rings. The summed E-state index contributed by atoms with van der Waals surface area (Å²) in [6, 6.07) is 5.53. The maximum atomic E-state index is 12.6. The summed E-state index contributed by atoms with van der Waals surface area (Å²) in [4.78, 5) is 18.6. The molecule has 0 saturated carbocycles. The van der Waals surface area contributed by atoms with Gasteiger partial charge in [0.15, 0.2) is 5.13 Å². The Morgan fingerprint density at radius 1 is 1.55 bits per heavy atom. The van der Waals surface area contributed by atoms with Crippen LogP contribution in [-0.2, 0) is 4.74 Å². The Morgan fingerprint density at radius 3 is 2.95 bits per heavy atom. The number of carbonyl (C=O) groups excluding carboxylic acids is 1. The van der Waals surface area contributed by atoms with Crippen LogP contribution >= 0.6 is 11.3 Å². The Balaban J connectivity index is 2.28. The fourth-order valence-electron chi connectivity index (χ4n) is 2.23. The second kappa shape index (κ2) is 6.19. The largest absolute Gasteiger partial charge is 0.383 e. The fraction of sp³-hybridized carbons (Fsp3) is 0.429. The molecule has 1 aromatic heterocycles. The summed E-state index contributed by atoms with van der Waals surface area (Å²) in [6.45, 7) is 5.11. The molecule has 2 rings (SSSR count). The zero-order valence-electron chi connectivity index (χ0n) is 11.9. The SMILES string of the molecule is CCN(C(=O)c1ccc2nc(N)sc2c1)C(C)COC. The minimum Gasteiger partial charge on any atom is -0.383 e. The molecule has 1 atom stereocenters. The van der Waals surface area contributed by atoms with Crippen molar-refractivity contribution in [2.24, 2.45) is 0 Å². The molecule has 0 aliphatic rings. The first kappa shape index (κ1) is 14.7. The number of carbonyl (C=O) groups is 1. The second-order valence-corrected chi connectivity index (χ2v) is 5.69. The monoisotopic (exact) mass is 293 g/mol. The van der Waals surface area contributed by atoms with E-state index >= 15 is 0 Å². The number of hydrogen-bond donors (Lipinski definition) is 1. The molecular weight excluding hydrogens is 274 g/mol. The van der Waals surface area contributed by atoms with Gasteiger partial charge in [0, 0.05) is 19.2 Å². The highest BCUT2D eigenvalue weighted by Gasteiger charge is 2.20. The van der Waals surface area contributed by atoms with Crippen molar-refractivity contribution in [3.63, 3.8) is 0 Å². The molecule has 20 heavy (non-hydrogen) atoms. The molecule has 108 valence electrons. The summed E-state index contributed by atoms with van der Waals surface area (Å²) < 4.78 is 6.06. The van der Waals surface area contributed by atoms with Crippen LogP contribution in [0.3, 0.4) is 0 Å². The van der Waals surface area contributed by atoms with Crippen molar-refractivity contribution in [3.8, 4) is 0 Å². The predicted molar refractivity (Wildman–Crippen MR) is 82.1 cm³/mol. The summed E-state index contributed by atoms with van der Waals surface area (Å²) in [6.07, 6.45) is 0. The molecule has 0 bridgehead atoms. The Hall–Kier alpha value is -1.66. The number of thiazole rings is 1. The second-order valence-electron chi connectivity index (χ2n) is 4.63. The third-order valence-electron chi connectivity index (χ3n) is 3.19. The van der Waals surface area contributed by atoms with Crippen LogP contribution in [0.15, 0.2) is 18.2 Å². The first-order valence-electron chi connectivity index (χ1n) is 6.52. The van der Waals surface area contributed by atoms with Crippen molar-refractivity contribution in [1.82, 2.24) is 9.88 Å². The molecule has 0 spiro atoms. The lowest BCUT2D eigenvalue weighted by atomic mass is 10.1. The van der Waals surface area contributed by atoms with Crippen LogP contribution < -0.4 is 5.73 Å². The molecule has 0 radical (unpaired) electrons. The molecule has 0 saturated heterocycles. The molecule has 0 aliphatic heterocycles. The number of amides is 1. The number of nitrogens with zero attached hydrogens (tertiary/aromatic N) is 2. The van der Waals surface area contributed by atoms with Crippen LogP contribution in [0.1, 0.15) is 24.2 Å².